The molecule has 0 radical (unpaired) electrons. The molecule has 36 heavy (non-hydrogen) atoms. The number of nitrogens with zero attached hydrogens (tertiary/aromatic N) is 5. The molecule has 190 valence electrons. The van der Waals surface area contributed by atoms with Gasteiger partial charge in [-0.25, -0.2) is 4.98 Å². The van der Waals surface area contributed by atoms with Crippen LogP contribution in [0.15, 0.2) is 66.7 Å². The molecule has 0 saturated carbocycles. The first-order chi connectivity index (χ1) is 17.6. The van der Waals surface area contributed by atoms with E-state index < -0.39 is 0 Å². The van der Waals surface area contributed by atoms with Gasteiger partial charge < -0.3 is 9.80 Å². The Labute approximate surface area is 219 Å². The fraction of sp³-hybridized carbons (Fsp3) is 0.414. The summed E-state index contributed by atoms with van der Waals surface area (Å²) in [7, 11) is 0. The van der Waals surface area contributed by atoms with Gasteiger partial charge in [-0.3, -0.25) is 9.69 Å². The Balaban J connectivity index is 1.24. The van der Waals surface area contributed by atoms with Crippen molar-refractivity contribution >= 4 is 28.6 Å². The van der Waals surface area contributed by atoms with Crippen LogP contribution in [0.1, 0.15) is 37.2 Å². The van der Waals surface area contributed by atoms with Crippen LogP contribution in [0.2, 0.25) is 0 Å². The smallest absolute Gasteiger partial charge is 0.224 e. The van der Waals surface area contributed by atoms with Crippen molar-refractivity contribution in [3.8, 4) is 0 Å². The lowest BCUT2D eigenvalue weighted by atomic mass is 10.1. The summed E-state index contributed by atoms with van der Waals surface area (Å²) in [6.07, 6.45) is 5.62. The first-order valence-electron chi connectivity index (χ1n) is 12.9. The van der Waals surface area contributed by atoms with Gasteiger partial charge in [0, 0.05) is 70.2 Å². The Bertz CT molecular complexity index is 1090. The monoisotopic (exact) mass is 503 g/mol. The zero-order chi connectivity index (χ0) is 25.2. The molecule has 0 N–H and O–H groups in total. The van der Waals surface area contributed by atoms with Crippen LogP contribution >= 0.6 is 11.5 Å². The Morgan fingerprint density at radius 3 is 2.42 bits per heavy atom. The molecule has 1 aliphatic heterocycles. The third-order valence-electron chi connectivity index (χ3n) is 6.31. The molecule has 2 aromatic carbocycles. The Hall–Kier alpha value is -3.03. The molecule has 2 heterocycles. The van der Waals surface area contributed by atoms with Gasteiger partial charge in [-0.15, -0.1) is 0 Å². The number of anilines is 1. The largest absolute Gasteiger partial charge is 0.346 e. The number of hydrogen-bond donors (Lipinski definition) is 0. The van der Waals surface area contributed by atoms with E-state index in [1.165, 1.54) is 22.7 Å². The summed E-state index contributed by atoms with van der Waals surface area (Å²) in [6, 6.07) is 20.7. The number of carbonyl (C=O) groups excluding carboxylic acids is 1. The van der Waals surface area contributed by atoms with Crippen molar-refractivity contribution < 1.29 is 4.79 Å². The van der Waals surface area contributed by atoms with Crippen molar-refractivity contribution in [2.75, 3.05) is 50.7 Å². The summed E-state index contributed by atoms with van der Waals surface area (Å²) < 4.78 is 4.59. The van der Waals surface area contributed by atoms with Gasteiger partial charge in [0.15, 0.2) is 0 Å². The third-order valence-corrected chi connectivity index (χ3v) is 7.13. The van der Waals surface area contributed by atoms with E-state index in [2.05, 4.69) is 76.6 Å². The summed E-state index contributed by atoms with van der Waals surface area (Å²) in [5.41, 5.74) is 2.43. The molecule has 3 aromatic rings. The first kappa shape index (κ1) is 26.0. The van der Waals surface area contributed by atoms with Crippen molar-refractivity contribution in [2.45, 2.75) is 26.7 Å². The van der Waals surface area contributed by atoms with E-state index >= 15 is 0 Å². The molecule has 0 aliphatic carbocycles. The molecule has 1 aromatic heterocycles. The first-order valence-corrected chi connectivity index (χ1v) is 13.7. The molecule has 0 atom stereocenters. The second-order valence-corrected chi connectivity index (χ2v) is 10.5. The van der Waals surface area contributed by atoms with E-state index in [1.54, 1.807) is 0 Å². The minimum Gasteiger partial charge on any atom is -0.346 e. The molecule has 7 heteroatoms. The standard InChI is InChI=1S/C29H37N5OS/c1-24(2)23-34(29-30-27(31-36-29)22-26-12-7-4-8-13-26)17-15-28(35)33-20-18-32(19-21-33)16-9-14-25-10-5-3-6-11-25/h3-14,24H,15-23H2,1-2H3/b14-9+. The maximum atomic E-state index is 13.0. The van der Waals surface area contributed by atoms with Crippen LogP contribution in [0.3, 0.4) is 0 Å². The van der Waals surface area contributed by atoms with Crippen LogP contribution in [0.25, 0.3) is 6.08 Å². The summed E-state index contributed by atoms with van der Waals surface area (Å²) >= 11 is 1.44. The van der Waals surface area contributed by atoms with Crippen LogP contribution in [0.4, 0.5) is 5.13 Å². The second kappa shape index (κ2) is 13.3. The lowest BCUT2D eigenvalue weighted by molar-refractivity contribution is -0.132. The van der Waals surface area contributed by atoms with Gasteiger partial charge >= 0.3 is 0 Å². The number of benzene rings is 2. The van der Waals surface area contributed by atoms with E-state index in [9.17, 15) is 4.79 Å². The molecule has 4 rings (SSSR count). The maximum absolute atomic E-state index is 13.0. The van der Waals surface area contributed by atoms with E-state index in [4.69, 9.17) is 4.98 Å². The van der Waals surface area contributed by atoms with Gasteiger partial charge in [0.1, 0.15) is 5.82 Å². The predicted molar refractivity (Wildman–Crippen MR) is 149 cm³/mol. The van der Waals surface area contributed by atoms with Gasteiger partial charge in [-0.2, -0.15) is 4.37 Å². The second-order valence-electron chi connectivity index (χ2n) is 9.74. The molecule has 0 bridgehead atoms. The van der Waals surface area contributed by atoms with E-state index in [-0.39, 0.29) is 5.91 Å². The third kappa shape index (κ3) is 8.00. The van der Waals surface area contributed by atoms with Crippen molar-refractivity contribution in [3.05, 3.63) is 83.7 Å². The summed E-state index contributed by atoms with van der Waals surface area (Å²) in [5.74, 6) is 1.56. The highest BCUT2D eigenvalue weighted by atomic mass is 32.1. The van der Waals surface area contributed by atoms with Crippen LogP contribution < -0.4 is 4.90 Å². The number of piperazine rings is 1. The van der Waals surface area contributed by atoms with Crippen molar-refractivity contribution in [3.63, 3.8) is 0 Å². The maximum Gasteiger partial charge on any atom is 0.224 e. The molecule has 1 saturated heterocycles. The van der Waals surface area contributed by atoms with Crippen LogP contribution in [0.5, 0.6) is 0 Å². The lowest BCUT2D eigenvalue weighted by Gasteiger charge is -2.34. The van der Waals surface area contributed by atoms with E-state index in [1.807, 2.05) is 29.2 Å². The Morgan fingerprint density at radius 2 is 1.72 bits per heavy atom. The summed E-state index contributed by atoms with van der Waals surface area (Å²) in [4.78, 5) is 24.5. The summed E-state index contributed by atoms with van der Waals surface area (Å²) in [5, 5.41) is 0.914. The highest BCUT2D eigenvalue weighted by Crippen LogP contribution is 2.21. The van der Waals surface area contributed by atoms with Crippen molar-refractivity contribution in [2.24, 2.45) is 5.92 Å². The molecule has 1 amide bonds. The van der Waals surface area contributed by atoms with Gasteiger partial charge in [-0.05, 0) is 17.0 Å². The fourth-order valence-corrected chi connectivity index (χ4v) is 5.12. The molecule has 1 aliphatic rings. The number of amides is 1. The van der Waals surface area contributed by atoms with Gasteiger partial charge in [0.2, 0.25) is 11.0 Å². The minimum absolute atomic E-state index is 0.234. The van der Waals surface area contributed by atoms with Gasteiger partial charge in [0.25, 0.3) is 0 Å². The number of carbonyl (C=O) groups is 1. The quantitative estimate of drug-likeness (QED) is 0.375. The average Bonchev–Trinajstić information content (AvgIpc) is 3.36. The molecular weight excluding hydrogens is 466 g/mol. The van der Waals surface area contributed by atoms with Crippen LogP contribution in [-0.2, 0) is 11.2 Å². The summed E-state index contributed by atoms with van der Waals surface area (Å²) in [6.45, 7) is 10.3. The van der Waals surface area contributed by atoms with Crippen molar-refractivity contribution in [1.29, 1.82) is 0 Å². The van der Waals surface area contributed by atoms with E-state index in [0.29, 0.717) is 18.9 Å². The normalized spacial score (nSPS) is 14.6. The minimum atomic E-state index is 0.234. The van der Waals surface area contributed by atoms with Crippen molar-refractivity contribution in [1.82, 2.24) is 19.2 Å². The molecule has 1 fully saturated rings. The van der Waals surface area contributed by atoms with E-state index in [0.717, 1.165) is 56.6 Å². The highest BCUT2D eigenvalue weighted by molar-refractivity contribution is 7.09. The average molecular weight is 504 g/mol. The van der Waals surface area contributed by atoms with Gasteiger partial charge in [0.05, 0.1) is 0 Å². The zero-order valence-corrected chi connectivity index (χ0v) is 22.2. The number of hydrogen-bond acceptors (Lipinski definition) is 6. The number of aromatic nitrogens is 2. The topological polar surface area (TPSA) is 52.6 Å². The van der Waals surface area contributed by atoms with Crippen LogP contribution in [0, 0.1) is 5.92 Å². The lowest BCUT2D eigenvalue weighted by Crippen LogP contribution is -2.49. The predicted octanol–water partition coefficient (Wildman–Crippen LogP) is 4.84. The number of rotatable bonds is 11. The molecular formula is C29H37N5OS. The van der Waals surface area contributed by atoms with Gasteiger partial charge in [-0.1, -0.05) is 86.7 Å². The molecule has 0 unspecified atom stereocenters. The zero-order valence-electron chi connectivity index (χ0n) is 21.4. The Morgan fingerprint density at radius 1 is 1.03 bits per heavy atom. The van der Waals surface area contributed by atoms with Crippen LogP contribution in [-0.4, -0.2) is 70.9 Å². The highest BCUT2D eigenvalue weighted by Gasteiger charge is 2.22. The Kier molecular flexibility index (Phi) is 9.64. The SMILES string of the molecule is CC(C)CN(CCC(=O)N1CCN(C/C=C/c2ccccc2)CC1)c1nc(Cc2ccccc2)ns1. The molecule has 6 nitrogen and oxygen atoms in total. The molecule has 0 spiro atoms. The fourth-order valence-electron chi connectivity index (χ4n) is 4.40.